The second-order valence-electron chi connectivity index (χ2n) is 4.97. The number of rotatable bonds is 8. The first-order valence-electron chi connectivity index (χ1n) is 7.45. The van der Waals surface area contributed by atoms with Gasteiger partial charge >= 0.3 is 11.9 Å². The maximum Gasteiger partial charge on any atom is 0.343 e. The molecule has 0 bridgehead atoms. The van der Waals surface area contributed by atoms with Crippen molar-refractivity contribution >= 4 is 11.9 Å². The molecule has 0 saturated carbocycles. The zero-order chi connectivity index (χ0) is 15.8. The average Bonchev–Trinajstić information content (AvgIpc) is 3.32. The molecule has 0 amide bonds. The molecule has 1 atom stereocenters. The first-order valence-corrected chi connectivity index (χ1v) is 7.45. The molecule has 0 aliphatic carbocycles. The molecule has 0 spiro atoms. The first-order chi connectivity index (χ1) is 10.7. The van der Waals surface area contributed by atoms with E-state index in [4.69, 9.17) is 14.2 Å². The van der Waals surface area contributed by atoms with Gasteiger partial charge in [-0.15, -0.1) is 0 Å². The molecule has 118 valence electrons. The number of carbonyl (C=O) groups is 2. The number of allylic oxidation sites excluding steroid dienone is 1. The van der Waals surface area contributed by atoms with Gasteiger partial charge < -0.3 is 14.2 Å². The maximum atomic E-state index is 12.1. The van der Waals surface area contributed by atoms with Crippen molar-refractivity contribution in [1.29, 1.82) is 0 Å². The lowest BCUT2D eigenvalue weighted by Gasteiger charge is -2.09. The summed E-state index contributed by atoms with van der Waals surface area (Å²) in [5.74, 6) is -0.646. The molecule has 1 unspecified atom stereocenters. The van der Waals surface area contributed by atoms with Crippen molar-refractivity contribution in [2.45, 2.75) is 32.3 Å². The van der Waals surface area contributed by atoms with E-state index in [0.29, 0.717) is 23.8 Å². The van der Waals surface area contributed by atoms with Crippen LogP contribution in [0.5, 0.6) is 0 Å². The summed E-state index contributed by atoms with van der Waals surface area (Å²) < 4.78 is 15.3. The van der Waals surface area contributed by atoms with Crippen molar-refractivity contribution in [3.05, 3.63) is 47.7 Å². The molecular weight excluding hydrogens is 284 g/mol. The average molecular weight is 304 g/mol. The summed E-state index contributed by atoms with van der Waals surface area (Å²) in [5.41, 5.74) is 0.447. The summed E-state index contributed by atoms with van der Waals surface area (Å²) in [6.07, 6.45) is 3.74. The highest BCUT2D eigenvalue weighted by molar-refractivity contribution is 5.90. The number of ether oxygens (including phenoxy) is 3. The van der Waals surface area contributed by atoms with Crippen LogP contribution in [0.1, 0.15) is 36.5 Å². The molecule has 5 heteroatoms. The summed E-state index contributed by atoms with van der Waals surface area (Å²) in [7, 11) is 0. The van der Waals surface area contributed by atoms with Gasteiger partial charge in [0.2, 0.25) is 0 Å². The zero-order valence-corrected chi connectivity index (χ0v) is 12.6. The van der Waals surface area contributed by atoms with Crippen LogP contribution in [-0.2, 0) is 19.0 Å². The lowest BCUT2D eigenvalue weighted by atomic mass is 10.1. The molecule has 22 heavy (non-hydrogen) atoms. The Hall–Kier alpha value is -2.14. The summed E-state index contributed by atoms with van der Waals surface area (Å²) in [6, 6.07) is 8.68. The molecule has 1 aromatic carbocycles. The van der Waals surface area contributed by atoms with Crippen molar-refractivity contribution < 1.29 is 23.8 Å². The Morgan fingerprint density at radius 2 is 2.05 bits per heavy atom. The molecule has 1 aliphatic heterocycles. The predicted molar refractivity (Wildman–Crippen MR) is 80.2 cm³/mol. The van der Waals surface area contributed by atoms with Crippen LogP contribution in [0.2, 0.25) is 0 Å². The van der Waals surface area contributed by atoms with Gasteiger partial charge in [0.25, 0.3) is 0 Å². The van der Waals surface area contributed by atoms with Crippen LogP contribution < -0.4 is 0 Å². The fraction of sp³-hybridized carbons (Fsp3) is 0.412. The highest BCUT2D eigenvalue weighted by atomic mass is 16.6. The molecule has 2 rings (SSSR count). The third-order valence-electron chi connectivity index (χ3n) is 3.15. The van der Waals surface area contributed by atoms with Crippen molar-refractivity contribution in [1.82, 2.24) is 0 Å². The highest BCUT2D eigenvalue weighted by Gasteiger charge is 2.22. The second-order valence-corrected chi connectivity index (χ2v) is 4.97. The number of hydrogen-bond donors (Lipinski definition) is 0. The van der Waals surface area contributed by atoms with Crippen LogP contribution in [0, 0.1) is 0 Å². The van der Waals surface area contributed by atoms with Gasteiger partial charge in [0, 0.05) is 6.42 Å². The lowest BCUT2D eigenvalue weighted by Crippen LogP contribution is -2.08. The molecule has 1 aliphatic rings. The minimum atomic E-state index is -0.499. The van der Waals surface area contributed by atoms with Gasteiger partial charge in [-0.05, 0) is 31.9 Å². The largest absolute Gasteiger partial charge is 0.463 e. The maximum absolute atomic E-state index is 12.1. The molecule has 0 aromatic heterocycles. The minimum Gasteiger partial charge on any atom is -0.463 e. The van der Waals surface area contributed by atoms with E-state index >= 15 is 0 Å². The minimum absolute atomic E-state index is 0.283. The quantitative estimate of drug-likeness (QED) is 0.320. The fourth-order valence-electron chi connectivity index (χ4n) is 1.96. The van der Waals surface area contributed by atoms with Gasteiger partial charge in [-0.3, -0.25) is 0 Å². The summed E-state index contributed by atoms with van der Waals surface area (Å²) in [6.45, 7) is 2.80. The number of benzene rings is 1. The van der Waals surface area contributed by atoms with Gasteiger partial charge in [-0.25, -0.2) is 9.59 Å². The SMILES string of the molecule is CCOC(=O)/C=C(\CCCC1CO1)OC(=O)c1ccccc1. The van der Waals surface area contributed by atoms with Crippen molar-refractivity contribution in [2.24, 2.45) is 0 Å². The van der Waals surface area contributed by atoms with Gasteiger partial charge in [-0.2, -0.15) is 0 Å². The number of epoxide rings is 1. The molecule has 1 saturated heterocycles. The van der Waals surface area contributed by atoms with Crippen molar-refractivity contribution in [3.63, 3.8) is 0 Å². The van der Waals surface area contributed by atoms with E-state index in [9.17, 15) is 9.59 Å². The zero-order valence-electron chi connectivity index (χ0n) is 12.6. The molecule has 0 N–H and O–H groups in total. The van der Waals surface area contributed by atoms with Gasteiger partial charge in [0.15, 0.2) is 0 Å². The second kappa shape index (κ2) is 8.34. The monoisotopic (exact) mass is 304 g/mol. The van der Waals surface area contributed by atoms with Crippen LogP contribution in [-0.4, -0.2) is 31.3 Å². The number of carbonyl (C=O) groups excluding carboxylic acids is 2. The molecule has 1 aromatic rings. The highest BCUT2D eigenvalue weighted by Crippen LogP contribution is 2.20. The van der Waals surface area contributed by atoms with Crippen LogP contribution in [0.4, 0.5) is 0 Å². The van der Waals surface area contributed by atoms with Gasteiger partial charge in [-0.1, -0.05) is 18.2 Å². The summed E-state index contributed by atoms with van der Waals surface area (Å²) >= 11 is 0. The Morgan fingerprint density at radius 1 is 1.32 bits per heavy atom. The Labute approximate surface area is 129 Å². The third-order valence-corrected chi connectivity index (χ3v) is 3.15. The van der Waals surface area contributed by atoms with Crippen LogP contribution >= 0.6 is 0 Å². The number of hydrogen-bond acceptors (Lipinski definition) is 5. The van der Waals surface area contributed by atoms with E-state index in [1.165, 1.54) is 6.08 Å². The van der Waals surface area contributed by atoms with E-state index in [2.05, 4.69) is 0 Å². The normalized spacial score (nSPS) is 17.0. The molecule has 5 nitrogen and oxygen atoms in total. The van der Waals surface area contributed by atoms with E-state index < -0.39 is 11.9 Å². The Bertz CT molecular complexity index is 531. The molecule has 0 radical (unpaired) electrons. The van der Waals surface area contributed by atoms with E-state index in [1.807, 2.05) is 6.07 Å². The van der Waals surface area contributed by atoms with Crippen molar-refractivity contribution in [2.75, 3.05) is 13.2 Å². The fourth-order valence-corrected chi connectivity index (χ4v) is 1.96. The smallest absolute Gasteiger partial charge is 0.343 e. The van der Waals surface area contributed by atoms with E-state index in [0.717, 1.165) is 19.4 Å². The van der Waals surface area contributed by atoms with Gasteiger partial charge in [0.05, 0.1) is 31.0 Å². The van der Waals surface area contributed by atoms with Crippen LogP contribution in [0.15, 0.2) is 42.2 Å². The molecule has 1 heterocycles. The van der Waals surface area contributed by atoms with Crippen LogP contribution in [0.3, 0.4) is 0 Å². The Morgan fingerprint density at radius 3 is 2.68 bits per heavy atom. The topological polar surface area (TPSA) is 65.1 Å². The van der Waals surface area contributed by atoms with Gasteiger partial charge in [0.1, 0.15) is 5.76 Å². The summed E-state index contributed by atoms with van der Waals surface area (Å²) in [5, 5.41) is 0. The Kier molecular flexibility index (Phi) is 6.15. The van der Waals surface area contributed by atoms with E-state index in [1.54, 1.807) is 31.2 Å². The molecular formula is C17H20O5. The molecule has 1 fully saturated rings. The van der Waals surface area contributed by atoms with E-state index in [-0.39, 0.29) is 6.61 Å². The predicted octanol–water partition coefficient (Wildman–Crippen LogP) is 2.86. The lowest BCUT2D eigenvalue weighted by molar-refractivity contribution is -0.137. The number of esters is 2. The standard InChI is InChI=1S/C17H20O5/c1-2-20-16(18)11-14(9-6-10-15-12-21-15)22-17(19)13-7-4-3-5-8-13/h3-5,7-8,11,15H,2,6,9-10,12H2,1H3/b14-11+. The summed E-state index contributed by atoms with van der Waals surface area (Å²) in [4.78, 5) is 23.6. The Balaban J connectivity index is 1.95. The third kappa shape index (κ3) is 5.69. The van der Waals surface area contributed by atoms with Crippen molar-refractivity contribution in [3.8, 4) is 0 Å². The first kappa shape index (κ1) is 16.2. The van der Waals surface area contributed by atoms with Crippen LogP contribution in [0.25, 0.3) is 0 Å².